The summed E-state index contributed by atoms with van der Waals surface area (Å²) in [7, 11) is -3.86. The summed E-state index contributed by atoms with van der Waals surface area (Å²) in [5.41, 5.74) is 1.52. The van der Waals surface area contributed by atoms with Crippen LogP contribution < -0.4 is 5.56 Å². The van der Waals surface area contributed by atoms with Crippen molar-refractivity contribution in [2.45, 2.75) is 70.0 Å². The highest BCUT2D eigenvalue weighted by Gasteiger charge is 2.37. The predicted octanol–water partition coefficient (Wildman–Crippen LogP) is 2.90. The molecule has 9 heteroatoms. The quantitative estimate of drug-likeness (QED) is 0.777. The summed E-state index contributed by atoms with van der Waals surface area (Å²) in [6, 6.07) is 3.64. The van der Waals surface area contributed by atoms with Crippen LogP contribution >= 0.6 is 0 Å². The van der Waals surface area contributed by atoms with Crippen molar-refractivity contribution in [3.8, 4) is 0 Å². The van der Waals surface area contributed by atoms with Gasteiger partial charge in [-0.3, -0.25) is 9.69 Å². The number of fused-ring (bicyclic) bond motifs is 1. The fraction of sp³-hybridized carbons (Fsp3) is 0.545. The van der Waals surface area contributed by atoms with Gasteiger partial charge in [0, 0.05) is 32.1 Å². The van der Waals surface area contributed by atoms with Crippen LogP contribution in [0, 0.1) is 12.7 Å². The molecule has 0 unspecified atom stereocenters. The van der Waals surface area contributed by atoms with Gasteiger partial charge in [-0.2, -0.15) is 4.31 Å². The number of aromatic amines is 1. The van der Waals surface area contributed by atoms with Crippen LogP contribution in [0.5, 0.6) is 0 Å². The fourth-order valence-corrected chi connectivity index (χ4v) is 6.19. The zero-order valence-electron chi connectivity index (χ0n) is 18.2. The zero-order valence-corrected chi connectivity index (χ0v) is 19.0. The van der Waals surface area contributed by atoms with Gasteiger partial charge in [0.1, 0.15) is 11.6 Å². The largest absolute Gasteiger partial charge is 0.309 e. The van der Waals surface area contributed by atoms with Crippen LogP contribution in [0.1, 0.15) is 61.8 Å². The normalized spacial score (nSPS) is 20.7. The molecule has 0 spiro atoms. The second-order valence-corrected chi connectivity index (χ2v) is 10.6. The summed E-state index contributed by atoms with van der Waals surface area (Å²) >= 11 is 0. The zero-order chi connectivity index (χ0) is 22.3. The first-order valence-corrected chi connectivity index (χ1v) is 12.3. The standard InChI is InChI=1S/C22H29FN4O3S/c1-14(2)26-11-9-19-17(13-26)22(28)25-21(24-19)20-6-4-5-10-27(20)31(29,30)16-7-8-18(23)15(3)12-16/h7-8,12,14,20H,4-6,9-11,13H2,1-3H3,(H,24,25,28)/t20-/m0/s1. The molecule has 4 rings (SSSR count). The third-order valence-corrected chi connectivity index (χ3v) is 8.26. The van der Waals surface area contributed by atoms with E-state index in [1.54, 1.807) is 6.92 Å². The number of H-pyrrole nitrogens is 1. The van der Waals surface area contributed by atoms with E-state index in [-0.39, 0.29) is 16.0 Å². The van der Waals surface area contributed by atoms with E-state index >= 15 is 0 Å². The summed E-state index contributed by atoms with van der Waals surface area (Å²) in [6.07, 6.45) is 2.83. The molecule has 1 saturated heterocycles. The molecule has 1 atom stereocenters. The third kappa shape index (κ3) is 4.18. The maximum absolute atomic E-state index is 13.7. The molecule has 31 heavy (non-hydrogen) atoms. The number of benzene rings is 1. The monoisotopic (exact) mass is 448 g/mol. The summed E-state index contributed by atoms with van der Waals surface area (Å²) in [5, 5.41) is 0. The Balaban J connectivity index is 1.71. The lowest BCUT2D eigenvalue weighted by molar-refractivity contribution is 0.198. The Labute approximate surface area is 182 Å². The molecule has 0 amide bonds. The average Bonchev–Trinajstić information content (AvgIpc) is 2.75. The molecule has 0 aliphatic carbocycles. The summed E-state index contributed by atoms with van der Waals surface area (Å²) in [6.45, 7) is 7.46. The highest BCUT2D eigenvalue weighted by atomic mass is 32.2. The smallest absolute Gasteiger partial charge is 0.255 e. The first-order valence-electron chi connectivity index (χ1n) is 10.8. The number of halogens is 1. The van der Waals surface area contributed by atoms with Gasteiger partial charge in [-0.25, -0.2) is 17.8 Å². The van der Waals surface area contributed by atoms with Gasteiger partial charge in [-0.05, 0) is 57.4 Å². The lowest BCUT2D eigenvalue weighted by Gasteiger charge is -2.35. The van der Waals surface area contributed by atoms with Crippen LogP contribution in [-0.4, -0.2) is 46.7 Å². The number of aryl methyl sites for hydroxylation is 1. The van der Waals surface area contributed by atoms with Crippen molar-refractivity contribution in [1.82, 2.24) is 19.2 Å². The molecule has 7 nitrogen and oxygen atoms in total. The number of aromatic nitrogens is 2. The van der Waals surface area contributed by atoms with E-state index in [1.165, 1.54) is 22.5 Å². The Kier molecular flexibility index (Phi) is 6.02. The first-order chi connectivity index (χ1) is 14.7. The Bertz CT molecular complexity index is 1150. The highest BCUT2D eigenvalue weighted by Crippen LogP contribution is 2.34. The van der Waals surface area contributed by atoms with Gasteiger partial charge in [0.05, 0.1) is 22.2 Å². The van der Waals surface area contributed by atoms with Crippen LogP contribution in [0.3, 0.4) is 0 Å². The molecule has 1 fully saturated rings. The van der Waals surface area contributed by atoms with Crippen LogP contribution in [-0.2, 0) is 23.0 Å². The SMILES string of the molecule is Cc1cc(S(=O)(=O)N2CCCC[C@H]2c2nc3c(c(=O)[nH]2)CN(C(C)C)CC3)ccc1F. The van der Waals surface area contributed by atoms with Crippen LogP contribution in [0.2, 0.25) is 0 Å². The number of hydrogen-bond acceptors (Lipinski definition) is 5. The summed E-state index contributed by atoms with van der Waals surface area (Å²) in [5.74, 6) is -0.0332. The number of sulfonamides is 1. The van der Waals surface area contributed by atoms with Gasteiger partial charge in [0.2, 0.25) is 10.0 Å². The van der Waals surface area contributed by atoms with Crippen molar-refractivity contribution in [1.29, 1.82) is 0 Å². The Hall–Kier alpha value is -2.10. The third-order valence-electron chi connectivity index (χ3n) is 6.35. The molecule has 2 aliphatic rings. The van der Waals surface area contributed by atoms with Gasteiger partial charge >= 0.3 is 0 Å². The van der Waals surface area contributed by atoms with Gasteiger partial charge in [-0.1, -0.05) is 6.42 Å². The van der Waals surface area contributed by atoms with Crippen molar-refractivity contribution >= 4 is 10.0 Å². The molecule has 0 bridgehead atoms. The van der Waals surface area contributed by atoms with Gasteiger partial charge in [0.15, 0.2) is 0 Å². The minimum atomic E-state index is -3.86. The van der Waals surface area contributed by atoms with E-state index in [9.17, 15) is 17.6 Å². The first kappa shape index (κ1) is 22.1. The molecule has 1 aromatic carbocycles. The molecular weight excluding hydrogens is 419 g/mol. The van der Waals surface area contributed by atoms with E-state index in [0.717, 1.165) is 25.1 Å². The molecule has 0 radical (unpaired) electrons. The molecule has 1 aromatic heterocycles. The van der Waals surface area contributed by atoms with E-state index in [2.05, 4.69) is 23.7 Å². The minimum absolute atomic E-state index is 0.0613. The van der Waals surface area contributed by atoms with Crippen molar-refractivity contribution < 1.29 is 12.8 Å². The summed E-state index contributed by atoms with van der Waals surface area (Å²) in [4.78, 5) is 22.8. The van der Waals surface area contributed by atoms with Gasteiger partial charge < -0.3 is 4.98 Å². The topological polar surface area (TPSA) is 86.4 Å². The van der Waals surface area contributed by atoms with Crippen molar-refractivity contribution in [2.24, 2.45) is 0 Å². The maximum Gasteiger partial charge on any atom is 0.255 e. The van der Waals surface area contributed by atoms with Gasteiger partial charge in [0.25, 0.3) is 5.56 Å². The Morgan fingerprint density at radius 1 is 1.23 bits per heavy atom. The Morgan fingerprint density at radius 2 is 2.00 bits per heavy atom. The molecular formula is C22H29FN4O3S. The van der Waals surface area contributed by atoms with E-state index in [4.69, 9.17) is 4.98 Å². The Morgan fingerprint density at radius 3 is 2.71 bits per heavy atom. The molecule has 0 saturated carbocycles. The van der Waals surface area contributed by atoms with E-state index in [0.29, 0.717) is 43.4 Å². The number of piperidine rings is 1. The maximum atomic E-state index is 13.7. The van der Waals surface area contributed by atoms with Crippen molar-refractivity contribution in [3.05, 3.63) is 57.0 Å². The molecule has 2 aliphatic heterocycles. The average molecular weight is 449 g/mol. The second-order valence-electron chi connectivity index (χ2n) is 8.73. The van der Waals surface area contributed by atoms with Crippen molar-refractivity contribution in [3.63, 3.8) is 0 Å². The highest BCUT2D eigenvalue weighted by molar-refractivity contribution is 7.89. The number of hydrogen-bond donors (Lipinski definition) is 1. The number of nitrogens with one attached hydrogen (secondary N) is 1. The molecule has 3 heterocycles. The van der Waals surface area contributed by atoms with E-state index in [1.807, 2.05) is 0 Å². The predicted molar refractivity (Wildman–Crippen MR) is 116 cm³/mol. The molecule has 2 aromatic rings. The van der Waals surface area contributed by atoms with Crippen LogP contribution in [0.25, 0.3) is 0 Å². The van der Waals surface area contributed by atoms with Gasteiger partial charge in [-0.15, -0.1) is 0 Å². The van der Waals surface area contributed by atoms with Crippen LogP contribution in [0.15, 0.2) is 27.9 Å². The lowest BCUT2D eigenvalue weighted by Crippen LogP contribution is -2.42. The van der Waals surface area contributed by atoms with E-state index < -0.39 is 21.9 Å². The van der Waals surface area contributed by atoms with Crippen LogP contribution in [0.4, 0.5) is 4.39 Å². The molecule has 1 N–H and O–H groups in total. The second kappa shape index (κ2) is 8.44. The lowest BCUT2D eigenvalue weighted by atomic mass is 10.0. The number of rotatable bonds is 4. The summed E-state index contributed by atoms with van der Waals surface area (Å²) < 4.78 is 41.9. The van der Waals surface area contributed by atoms with Crippen molar-refractivity contribution in [2.75, 3.05) is 13.1 Å². The minimum Gasteiger partial charge on any atom is -0.309 e. The molecule has 168 valence electrons. The fourth-order valence-electron chi connectivity index (χ4n) is 4.44. The number of nitrogens with zero attached hydrogens (tertiary/aromatic N) is 3.